The molecule has 1 aromatic carbocycles. The molecule has 0 aliphatic carbocycles. The minimum absolute atomic E-state index is 0.0170. The highest BCUT2D eigenvalue weighted by Gasteiger charge is 2.49. The van der Waals surface area contributed by atoms with Gasteiger partial charge in [-0.05, 0) is 39.3 Å². The number of benzene rings is 1. The Balaban J connectivity index is 1.72. The van der Waals surface area contributed by atoms with E-state index >= 15 is 0 Å². The second-order valence-corrected chi connectivity index (χ2v) is 11.6. The SMILES string of the molecule is C=CC[C@@H]1O[C@H](C[C@H]2CN(C(=O)OC(C)(C)C)C(=O)O2)[C@H](OC)[C@H]1CS(=O)(=O)c1ccccc1. The number of sulfone groups is 1. The van der Waals surface area contributed by atoms with E-state index in [1.165, 1.54) is 7.11 Å². The third-order valence-electron chi connectivity index (χ3n) is 5.78. The number of cyclic esters (lactones) is 1. The van der Waals surface area contributed by atoms with Crippen molar-refractivity contribution >= 4 is 22.0 Å². The number of methoxy groups -OCH3 is 1. The summed E-state index contributed by atoms with van der Waals surface area (Å²) in [6.07, 6.45) is -1.30. The van der Waals surface area contributed by atoms with Gasteiger partial charge in [0.15, 0.2) is 9.84 Å². The van der Waals surface area contributed by atoms with Crippen molar-refractivity contribution in [2.45, 2.75) is 68.5 Å². The highest BCUT2D eigenvalue weighted by atomic mass is 32.2. The largest absolute Gasteiger partial charge is 0.444 e. The highest BCUT2D eigenvalue weighted by molar-refractivity contribution is 7.91. The Morgan fingerprint density at radius 2 is 1.91 bits per heavy atom. The summed E-state index contributed by atoms with van der Waals surface area (Å²) in [6.45, 7) is 8.91. The third kappa shape index (κ3) is 6.17. The molecule has 1 aromatic rings. The summed E-state index contributed by atoms with van der Waals surface area (Å²) in [4.78, 5) is 25.7. The van der Waals surface area contributed by atoms with Gasteiger partial charge >= 0.3 is 12.2 Å². The number of amides is 2. The van der Waals surface area contributed by atoms with Gasteiger partial charge in [-0.25, -0.2) is 22.9 Å². The zero-order chi connectivity index (χ0) is 25.1. The van der Waals surface area contributed by atoms with E-state index in [9.17, 15) is 18.0 Å². The summed E-state index contributed by atoms with van der Waals surface area (Å²) in [7, 11) is -2.08. The van der Waals surface area contributed by atoms with Gasteiger partial charge in [-0.3, -0.25) is 0 Å². The molecule has 0 bridgehead atoms. The predicted octanol–water partition coefficient (Wildman–Crippen LogP) is 3.58. The maximum absolute atomic E-state index is 13.1. The van der Waals surface area contributed by atoms with Crippen LogP contribution in [0.4, 0.5) is 9.59 Å². The summed E-state index contributed by atoms with van der Waals surface area (Å²) < 4.78 is 48.7. The summed E-state index contributed by atoms with van der Waals surface area (Å²) in [5.74, 6) is -0.601. The highest BCUT2D eigenvalue weighted by Crippen LogP contribution is 2.37. The number of hydrogen-bond donors (Lipinski definition) is 0. The second-order valence-electron chi connectivity index (χ2n) is 9.53. The molecule has 188 valence electrons. The van der Waals surface area contributed by atoms with Gasteiger partial charge in [0.05, 0.1) is 35.5 Å². The lowest BCUT2D eigenvalue weighted by Crippen LogP contribution is -2.38. The molecular formula is C24H33NO8S. The summed E-state index contributed by atoms with van der Waals surface area (Å²) in [5, 5.41) is 0. The van der Waals surface area contributed by atoms with Crippen molar-refractivity contribution in [3.63, 3.8) is 0 Å². The maximum atomic E-state index is 13.1. The van der Waals surface area contributed by atoms with Crippen LogP contribution < -0.4 is 0 Å². The number of rotatable bonds is 8. The number of hydrogen-bond acceptors (Lipinski definition) is 8. The van der Waals surface area contributed by atoms with Crippen LogP contribution >= 0.6 is 0 Å². The van der Waals surface area contributed by atoms with Gasteiger partial charge < -0.3 is 18.9 Å². The van der Waals surface area contributed by atoms with Crippen LogP contribution in [0.25, 0.3) is 0 Å². The molecule has 2 saturated heterocycles. The zero-order valence-electron chi connectivity index (χ0n) is 20.0. The Hall–Kier alpha value is -2.43. The molecule has 0 radical (unpaired) electrons. The van der Waals surface area contributed by atoms with Crippen molar-refractivity contribution in [3.05, 3.63) is 43.0 Å². The Bertz CT molecular complexity index is 988. The van der Waals surface area contributed by atoms with E-state index in [2.05, 4.69) is 6.58 Å². The molecule has 0 spiro atoms. The van der Waals surface area contributed by atoms with E-state index in [4.69, 9.17) is 18.9 Å². The van der Waals surface area contributed by atoms with Gasteiger partial charge in [0, 0.05) is 19.4 Å². The van der Waals surface area contributed by atoms with Crippen LogP contribution in [0, 0.1) is 5.92 Å². The first-order valence-corrected chi connectivity index (χ1v) is 12.9. The molecule has 0 unspecified atom stereocenters. The van der Waals surface area contributed by atoms with Crippen LogP contribution in [-0.2, 0) is 28.8 Å². The minimum Gasteiger partial charge on any atom is -0.444 e. The van der Waals surface area contributed by atoms with Crippen molar-refractivity contribution < 1.29 is 37.0 Å². The molecule has 2 heterocycles. The quantitative estimate of drug-likeness (QED) is 0.504. The molecule has 2 aliphatic rings. The average Bonchev–Trinajstić information content (AvgIpc) is 3.27. The van der Waals surface area contributed by atoms with Gasteiger partial charge in [0.1, 0.15) is 11.7 Å². The van der Waals surface area contributed by atoms with E-state index in [1.54, 1.807) is 57.2 Å². The Morgan fingerprint density at radius 3 is 2.50 bits per heavy atom. The molecule has 3 rings (SSSR count). The van der Waals surface area contributed by atoms with Crippen LogP contribution in [0.3, 0.4) is 0 Å². The summed E-state index contributed by atoms with van der Waals surface area (Å²) in [5.41, 5.74) is -0.749. The third-order valence-corrected chi connectivity index (χ3v) is 7.60. The minimum atomic E-state index is -3.58. The van der Waals surface area contributed by atoms with Gasteiger partial charge in [-0.15, -0.1) is 6.58 Å². The van der Waals surface area contributed by atoms with Crippen molar-refractivity contribution in [2.24, 2.45) is 5.92 Å². The van der Waals surface area contributed by atoms with E-state index in [1.807, 2.05) is 0 Å². The van der Waals surface area contributed by atoms with Gasteiger partial charge in [0.2, 0.25) is 0 Å². The monoisotopic (exact) mass is 495 g/mol. The van der Waals surface area contributed by atoms with Gasteiger partial charge in [-0.1, -0.05) is 24.3 Å². The van der Waals surface area contributed by atoms with Crippen molar-refractivity contribution in [1.29, 1.82) is 0 Å². The molecule has 9 nitrogen and oxygen atoms in total. The van der Waals surface area contributed by atoms with E-state index < -0.39 is 58.0 Å². The molecule has 2 aliphatic heterocycles. The smallest absolute Gasteiger partial charge is 0.419 e. The van der Waals surface area contributed by atoms with E-state index in [-0.39, 0.29) is 23.6 Å². The number of imide groups is 1. The molecular weight excluding hydrogens is 462 g/mol. The molecule has 5 atom stereocenters. The van der Waals surface area contributed by atoms with Gasteiger partial charge in [0.25, 0.3) is 0 Å². The zero-order valence-corrected chi connectivity index (χ0v) is 20.8. The Labute approximate surface area is 200 Å². The van der Waals surface area contributed by atoms with Gasteiger partial charge in [-0.2, -0.15) is 0 Å². The first kappa shape index (κ1) is 26.2. The van der Waals surface area contributed by atoms with Crippen LogP contribution in [0.2, 0.25) is 0 Å². The molecule has 0 saturated carbocycles. The molecule has 0 aromatic heterocycles. The normalized spacial score (nSPS) is 27.5. The molecule has 2 amide bonds. The molecule has 34 heavy (non-hydrogen) atoms. The van der Waals surface area contributed by atoms with E-state index in [0.717, 1.165) is 4.90 Å². The van der Waals surface area contributed by atoms with Crippen LogP contribution in [0.5, 0.6) is 0 Å². The first-order chi connectivity index (χ1) is 15.9. The standard InChI is InChI=1S/C24H33NO8S/c1-6-10-19-18(15-34(28,29)17-11-8-7-9-12-17)21(30-5)20(32-19)13-16-14-25(22(26)31-16)23(27)33-24(2,3)4/h6-9,11-12,16,18-21H,1,10,13-15H2,2-5H3/t16-,18-,19-,20+,21+/m0/s1. The lowest BCUT2D eigenvalue weighted by atomic mass is 9.94. The average molecular weight is 496 g/mol. The Morgan fingerprint density at radius 1 is 1.24 bits per heavy atom. The topological polar surface area (TPSA) is 108 Å². The number of ether oxygens (including phenoxy) is 4. The summed E-state index contributed by atoms with van der Waals surface area (Å²) >= 11 is 0. The fourth-order valence-corrected chi connectivity index (χ4v) is 6.03. The lowest BCUT2D eigenvalue weighted by molar-refractivity contribution is -0.0269. The number of nitrogens with zero attached hydrogens (tertiary/aromatic N) is 1. The van der Waals surface area contributed by atoms with Crippen molar-refractivity contribution in [2.75, 3.05) is 19.4 Å². The maximum Gasteiger partial charge on any atom is 0.419 e. The first-order valence-electron chi connectivity index (χ1n) is 11.2. The number of carbonyl (C=O) groups excluding carboxylic acids is 2. The van der Waals surface area contributed by atoms with Crippen LogP contribution in [0.15, 0.2) is 47.9 Å². The molecule has 0 N–H and O–H groups in total. The van der Waals surface area contributed by atoms with Crippen LogP contribution in [0.1, 0.15) is 33.6 Å². The summed E-state index contributed by atoms with van der Waals surface area (Å²) in [6, 6.07) is 8.25. The van der Waals surface area contributed by atoms with E-state index in [0.29, 0.717) is 6.42 Å². The molecule has 10 heteroatoms. The van der Waals surface area contributed by atoms with Crippen molar-refractivity contribution in [3.8, 4) is 0 Å². The van der Waals surface area contributed by atoms with Crippen LogP contribution in [-0.4, -0.2) is 74.9 Å². The second kappa shape index (κ2) is 10.5. The Kier molecular flexibility index (Phi) is 8.05. The van der Waals surface area contributed by atoms with Crippen molar-refractivity contribution in [1.82, 2.24) is 4.90 Å². The fraction of sp³-hybridized carbons (Fsp3) is 0.583. The lowest BCUT2D eigenvalue weighted by Gasteiger charge is -2.24. The number of carbonyl (C=O) groups is 2. The fourth-order valence-electron chi connectivity index (χ4n) is 4.35. The predicted molar refractivity (Wildman–Crippen MR) is 124 cm³/mol. The molecule has 2 fully saturated rings.